The molecule has 2 aromatic carbocycles. The summed E-state index contributed by atoms with van der Waals surface area (Å²) in [5.41, 5.74) is 0.506. The molecule has 1 fully saturated rings. The molecule has 12 heteroatoms. The van der Waals surface area contributed by atoms with Crippen molar-refractivity contribution in [2.24, 2.45) is 17.3 Å². The largest absolute Gasteiger partial charge is 0.381 e. The van der Waals surface area contributed by atoms with Crippen LogP contribution < -0.4 is 21.3 Å². The molecule has 6 atom stereocenters. The van der Waals surface area contributed by atoms with Crippen molar-refractivity contribution >= 4 is 41.3 Å². The van der Waals surface area contributed by atoms with E-state index in [0.717, 1.165) is 5.56 Å². The molecule has 1 unspecified atom stereocenters. The van der Waals surface area contributed by atoms with Gasteiger partial charge in [-0.1, -0.05) is 109 Å². The molecule has 52 heavy (non-hydrogen) atoms. The van der Waals surface area contributed by atoms with Crippen LogP contribution in [0.25, 0.3) is 0 Å². The Morgan fingerprint density at radius 1 is 0.846 bits per heavy atom. The Morgan fingerprint density at radius 2 is 1.42 bits per heavy atom. The van der Waals surface area contributed by atoms with Crippen molar-refractivity contribution in [3.63, 3.8) is 0 Å². The summed E-state index contributed by atoms with van der Waals surface area (Å²) in [5, 5.41) is 23.4. The highest BCUT2D eigenvalue weighted by Gasteiger charge is 2.50. The van der Waals surface area contributed by atoms with Gasteiger partial charge in [-0.15, -0.1) is 11.8 Å². The average molecular weight is 738 g/mol. The lowest BCUT2D eigenvalue weighted by molar-refractivity contribution is -0.148. The summed E-state index contributed by atoms with van der Waals surface area (Å²) in [6.45, 7) is 18.9. The van der Waals surface area contributed by atoms with E-state index in [1.54, 1.807) is 45.0 Å². The predicted octanol–water partition coefficient (Wildman–Crippen LogP) is 4.35. The molecule has 1 aliphatic rings. The second-order valence-electron chi connectivity index (χ2n) is 16.2. The Bertz CT molecular complexity index is 1530. The highest BCUT2D eigenvalue weighted by Crippen LogP contribution is 2.40. The summed E-state index contributed by atoms with van der Waals surface area (Å²) >= 11 is 1.45. The average Bonchev–Trinajstić information content (AvgIpc) is 3.39. The summed E-state index contributed by atoms with van der Waals surface area (Å²) in [7, 11) is 0. The van der Waals surface area contributed by atoms with Gasteiger partial charge in [0.2, 0.25) is 23.6 Å². The van der Waals surface area contributed by atoms with Gasteiger partial charge in [0.25, 0.3) is 5.91 Å². The molecule has 0 bridgehead atoms. The molecule has 1 heterocycles. The Balaban J connectivity index is 1.92. The molecule has 0 spiro atoms. The zero-order chi connectivity index (χ0) is 39.0. The predicted molar refractivity (Wildman–Crippen MR) is 206 cm³/mol. The molecule has 0 radical (unpaired) electrons. The van der Waals surface area contributed by atoms with E-state index in [-0.39, 0.29) is 48.4 Å². The fraction of sp³-hybridized carbons (Fsp3) is 0.575. The van der Waals surface area contributed by atoms with Crippen LogP contribution in [0.15, 0.2) is 60.7 Å². The van der Waals surface area contributed by atoms with E-state index < -0.39 is 58.2 Å². The summed E-state index contributed by atoms with van der Waals surface area (Å²) in [6, 6.07) is 13.7. The van der Waals surface area contributed by atoms with Gasteiger partial charge in [-0.3, -0.25) is 24.0 Å². The van der Waals surface area contributed by atoms with Gasteiger partial charge >= 0.3 is 0 Å². The minimum Gasteiger partial charge on any atom is -0.381 e. The van der Waals surface area contributed by atoms with Crippen LogP contribution in [-0.4, -0.2) is 80.4 Å². The van der Waals surface area contributed by atoms with Crippen LogP contribution in [0.2, 0.25) is 0 Å². The SMILES string of the molecule is CC(C)CC(=O)N[C@H](C(=O)N[C@H](C(=O)N[C@@H](Cc1ccccc1)[C@H](O)C(=O)N1CSC(C)(C)[C@H]1C(=O)NC(C)C(C)C)C(C)(C)C)c1ccccc1. The van der Waals surface area contributed by atoms with Crippen LogP contribution in [0.3, 0.4) is 0 Å². The van der Waals surface area contributed by atoms with Crippen molar-refractivity contribution in [1.29, 1.82) is 0 Å². The number of carbonyl (C=O) groups is 5. The van der Waals surface area contributed by atoms with Crippen LogP contribution in [0.5, 0.6) is 0 Å². The Morgan fingerprint density at radius 3 is 1.96 bits per heavy atom. The number of rotatable bonds is 15. The highest BCUT2D eigenvalue weighted by molar-refractivity contribution is 8.00. The van der Waals surface area contributed by atoms with E-state index in [0.29, 0.717) is 5.56 Å². The Labute approximate surface area is 313 Å². The molecule has 5 N–H and O–H groups in total. The smallest absolute Gasteiger partial charge is 0.254 e. The number of aliphatic hydroxyl groups is 1. The fourth-order valence-corrected chi connectivity index (χ4v) is 7.18. The maximum atomic E-state index is 14.2. The molecule has 2 aromatic rings. The number of hydrogen-bond donors (Lipinski definition) is 5. The second kappa shape index (κ2) is 18.2. The minimum atomic E-state index is -1.71. The highest BCUT2D eigenvalue weighted by atomic mass is 32.2. The van der Waals surface area contributed by atoms with E-state index in [9.17, 15) is 29.1 Å². The first-order chi connectivity index (χ1) is 24.2. The molecule has 286 valence electrons. The first-order valence-electron chi connectivity index (χ1n) is 18.1. The number of amides is 5. The van der Waals surface area contributed by atoms with Crippen LogP contribution in [0, 0.1) is 17.3 Å². The van der Waals surface area contributed by atoms with Gasteiger partial charge in [0, 0.05) is 17.2 Å². The lowest BCUT2D eigenvalue weighted by Crippen LogP contribution is -2.62. The molecule has 11 nitrogen and oxygen atoms in total. The number of benzene rings is 2. The number of aliphatic hydroxyl groups excluding tert-OH is 1. The van der Waals surface area contributed by atoms with E-state index in [1.807, 2.05) is 84.9 Å². The summed E-state index contributed by atoms with van der Waals surface area (Å²) in [5.74, 6) is -2.02. The van der Waals surface area contributed by atoms with E-state index in [4.69, 9.17) is 0 Å². The number of hydrogen-bond acceptors (Lipinski definition) is 7. The van der Waals surface area contributed by atoms with Gasteiger partial charge in [0.05, 0.1) is 11.9 Å². The number of carbonyl (C=O) groups excluding carboxylic acids is 5. The van der Waals surface area contributed by atoms with Crippen LogP contribution in [-0.2, 0) is 30.4 Å². The van der Waals surface area contributed by atoms with Gasteiger partial charge in [-0.05, 0) is 55.6 Å². The monoisotopic (exact) mass is 737 g/mol. The maximum absolute atomic E-state index is 14.2. The molecule has 1 saturated heterocycles. The molecule has 0 aromatic heterocycles. The Hall–Kier alpha value is -3.90. The number of thioether (sulfide) groups is 1. The van der Waals surface area contributed by atoms with Gasteiger partial charge in [0.15, 0.2) is 6.10 Å². The number of nitrogens with zero attached hydrogens (tertiary/aromatic N) is 1. The summed E-state index contributed by atoms with van der Waals surface area (Å²) in [4.78, 5) is 70.2. The standard InChI is InChI=1S/C40H59N5O6S/c1-24(2)21-30(46)43-31(28-19-15-12-16-20-28)35(48)44-33(39(6,7)8)36(49)42-29(22-27-17-13-11-14-18-27)32(47)38(51)45-23-52-40(9,10)34(45)37(50)41-26(5)25(3)4/h11-20,24-26,29,31-34,47H,21-23H2,1-10H3,(H,41,50)(H,42,49)(H,43,46)(H,44,48)/t26?,29-,31-,32-,33+,34+/m0/s1. The van der Waals surface area contributed by atoms with Crippen LogP contribution in [0.4, 0.5) is 0 Å². The van der Waals surface area contributed by atoms with E-state index in [1.165, 1.54) is 16.7 Å². The van der Waals surface area contributed by atoms with Crippen molar-refractivity contribution < 1.29 is 29.1 Å². The molecule has 0 aliphatic carbocycles. The number of nitrogens with one attached hydrogen (secondary N) is 4. The molecule has 0 saturated carbocycles. The molecular weight excluding hydrogens is 679 g/mol. The lowest BCUT2D eigenvalue weighted by atomic mass is 9.85. The third-order valence-electron chi connectivity index (χ3n) is 9.42. The van der Waals surface area contributed by atoms with Gasteiger partial charge < -0.3 is 31.3 Å². The van der Waals surface area contributed by atoms with Crippen molar-refractivity contribution in [1.82, 2.24) is 26.2 Å². The minimum absolute atomic E-state index is 0.0711. The zero-order valence-electron chi connectivity index (χ0n) is 32.4. The van der Waals surface area contributed by atoms with Gasteiger partial charge in [-0.25, -0.2) is 0 Å². The first-order valence-corrected chi connectivity index (χ1v) is 19.1. The molecular formula is C40H59N5O6S. The fourth-order valence-electron chi connectivity index (χ4n) is 6.04. The van der Waals surface area contributed by atoms with Crippen molar-refractivity contribution in [3.8, 4) is 0 Å². The van der Waals surface area contributed by atoms with Crippen LogP contribution >= 0.6 is 11.8 Å². The summed E-state index contributed by atoms with van der Waals surface area (Å²) < 4.78 is -0.629. The Kier molecular flexibility index (Phi) is 14.9. The van der Waals surface area contributed by atoms with Gasteiger partial charge in [-0.2, -0.15) is 0 Å². The molecule has 5 amide bonds. The quantitative estimate of drug-likeness (QED) is 0.182. The van der Waals surface area contributed by atoms with Crippen LogP contribution in [0.1, 0.15) is 92.8 Å². The third-order valence-corrected chi connectivity index (χ3v) is 10.8. The topological polar surface area (TPSA) is 157 Å². The normalized spacial score (nSPS) is 18.6. The van der Waals surface area contributed by atoms with E-state index in [2.05, 4.69) is 21.3 Å². The molecule has 1 aliphatic heterocycles. The summed E-state index contributed by atoms with van der Waals surface area (Å²) in [6.07, 6.45) is -1.38. The first kappa shape index (κ1) is 42.5. The van der Waals surface area contributed by atoms with Gasteiger partial charge in [0.1, 0.15) is 18.1 Å². The second-order valence-corrected chi connectivity index (χ2v) is 17.8. The van der Waals surface area contributed by atoms with Crippen molar-refractivity contribution in [2.45, 2.75) is 123 Å². The maximum Gasteiger partial charge on any atom is 0.254 e. The van der Waals surface area contributed by atoms with Crippen molar-refractivity contribution in [2.75, 3.05) is 5.88 Å². The van der Waals surface area contributed by atoms with E-state index >= 15 is 0 Å². The third kappa shape index (κ3) is 11.6. The zero-order valence-corrected chi connectivity index (χ0v) is 33.2. The van der Waals surface area contributed by atoms with Crippen molar-refractivity contribution in [3.05, 3.63) is 71.8 Å². The molecule has 3 rings (SSSR count). The lowest BCUT2D eigenvalue weighted by Gasteiger charge is -2.36.